The van der Waals surface area contributed by atoms with Crippen molar-refractivity contribution in [2.24, 2.45) is 11.7 Å². The summed E-state index contributed by atoms with van der Waals surface area (Å²) < 4.78 is 6.32. The van der Waals surface area contributed by atoms with E-state index in [1.165, 1.54) is 0 Å². The lowest BCUT2D eigenvalue weighted by molar-refractivity contribution is -0.123. The molecule has 116 valence electrons. The van der Waals surface area contributed by atoms with Crippen molar-refractivity contribution in [3.63, 3.8) is 0 Å². The second-order valence-electron chi connectivity index (χ2n) is 5.50. The molecule has 2 N–H and O–H groups in total. The van der Waals surface area contributed by atoms with Crippen molar-refractivity contribution >= 4 is 21.8 Å². The third kappa shape index (κ3) is 3.53. The molecule has 3 rings (SSSR count). The van der Waals surface area contributed by atoms with E-state index in [4.69, 9.17) is 10.3 Å². The van der Waals surface area contributed by atoms with Crippen LogP contribution in [0.2, 0.25) is 0 Å². The van der Waals surface area contributed by atoms with Crippen molar-refractivity contribution in [1.29, 1.82) is 0 Å². The maximum atomic E-state index is 11.3. The number of hydrogen-bond donors (Lipinski definition) is 1. The zero-order valence-corrected chi connectivity index (χ0v) is 13.6. The van der Waals surface area contributed by atoms with Crippen molar-refractivity contribution in [2.45, 2.75) is 19.4 Å². The van der Waals surface area contributed by atoms with Gasteiger partial charge in [-0.2, -0.15) is 4.98 Å². The third-order valence-corrected chi connectivity index (χ3v) is 4.37. The van der Waals surface area contributed by atoms with Crippen LogP contribution in [0.15, 0.2) is 33.3 Å². The van der Waals surface area contributed by atoms with Crippen molar-refractivity contribution < 1.29 is 9.32 Å². The van der Waals surface area contributed by atoms with E-state index in [0.29, 0.717) is 24.8 Å². The maximum absolute atomic E-state index is 11.3. The lowest BCUT2D eigenvalue weighted by Gasteiger charge is -2.29. The molecule has 0 radical (unpaired) electrons. The Kier molecular flexibility index (Phi) is 4.54. The minimum Gasteiger partial charge on any atom is -0.369 e. The van der Waals surface area contributed by atoms with Crippen LogP contribution in [0, 0.1) is 5.92 Å². The molecule has 1 aliphatic heterocycles. The zero-order chi connectivity index (χ0) is 15.5. The van der Waals surface area contributed by atoms with Crippen LogP contribution in [0.5, 0.6) is 0 Å². The van der Waals surface area contributed by atoms with Gasteiger partial charge in [-0.1, -0.05) is 21.1 Å². The number of nitrogens with zero attached hydrogens (tertiary/aromatic N) is 3. The van der Waals surface area contributed by atoms with Crippen LogP contribution >= 0.6 is 15.9 Å². The number of rotatable bonds is 4. The standard InChI is InChI=1S/C15H17BrN4O2/c16-12-5-3-10(4-6-12)15-18-13(22-19-15)9-20-7-1-2-11(8-20)14(17)21/h3-6,11H,1-2,7-9H2,(H2,17,21). The second kappa shape index (κ2) is 6.58. The summed E-state index contributed by atoms with van der Waals surface area (Å²) in [6.07, 6.45) is 1.82. The number of hydrogen-bond acceptors (Lipinski definition) is 5. The molecule has 22 heavy (non-hydrogen) atoms. The zero-order valence-electron chi connectivity index (χ0n) is 12.0. The molecule has 0 aliphatic carbocycles. The Labute approximate surface area is 136 Å². The topological polar surface area (TPSA) is 85.3 Å². The van der Waals surface area contributed by atoms with E-state index in [1.54, 1.807) is 0 Å². The number of piperidine rings is 1. The highest BCUT2D eigenvalue weighted by Gasteiger charge is 2.25. The predicted molar refractivity (Wildman–Crippen MR) is 84.6 cm³/mol. The van der Waals surface area contributed by atoms with Gasteiger partial charge in [0.2, 0.25) is 17.6 Å². The van der Waals surface area contributed by atoms with E-state index >= 15 is 0 Å². The van der Waals surface area contributed by atoms with Crippen LogP contribution in [0.1, 0.15) is 18.7 Å². The van der Waals surface area contributed by atoms with E-state index in [9.17, 15) is 4.79 Å². The van der Waals surface area contributed by atoms with Gasteiger partial charge in [0.1, 0.15) is 0 Å². The SMILES string of the molecule is NC(=O)C1CCCN(Cc2nc(-c3ccc(Br)cc3)no2)C1. The average Bonchev–Trinajstić information content (AvgIpc) is 2.96. The molecule has 2 heterocycles. The van der Waals surface area contributed by atoms with E-state index in [0.717, 1.165) is 29.4 Å². The summed E-state index contributed by atoms with van der Waals surface area (Å²) in [5, 5.41) is 4.02. The quantitative estimate of drug-likeness (QED) is 0.898. The molecule has 1 aromatic heterocycles. The molecule has 2 aromatic rings. The molecule has 1 saturated heterocycles. The number of carbonyl (C=O) groups excluding carboxylic acids is 1. The summed E-state index contributed by atoms with van der Waals surface area (Å²) in [5.41, 5.74) is 6.30. The highest BCUT2D eigenvalue weighted by Crippen LogP contribution is 2.21. The van der Waals surface area contributed by atoms with Crippen LogP contribution < -0.4 is 5.73 Å². The first-order chi connectivity index (χ1) is 10.6. The van der Waals surface area contributed by atoms with Gasteiger partial charge in [-0.3, -0.25) is 9.69 Å². The highest BCUT2D eigenvalue weighted by atomic mass is 79.9. The van der Waals surface area contributed by atoms with E-state index < -0.39 is 0 Å². The Morgan fingerprint density at radius 2 is 2.18 bits per heavy atom. The fraction of sp³-hybridized carbons (Fsp3) is 0.400. The summed E-state index contributed by atoms with van der Waals surface area (Å²) in [6.45, 7) is 2.12. The molecule has 1 unspecified atom stereocenters. The molecule has 6 nitrogen and oxygen atoms in total. The smallest absolute Gasteiger partial charge is 0.241 e. The van der Waals surface area contributed by atoms with Gasteiger partial charge in [-0.15, -0.1) is 0 Å². The first kappa shape index (κ1) is 15.2. The molecule has 1 fully saturated rings. The Hall–Kier alpha value is -1.73. The van der Waals surface area contributed by atoms with Gasteiger partial charge in [0, 0.05) is 16.6 Å². The molecular formula is C15H17BrN4O2. The second-order valence-corrected chi connectivity index (χ2v) is 6.41. The van der Waals surface area contributed by atoms with Crippen LogP contribution in [0.3, 0.4) is 0 Å². The molecule has 1 atom stereocenters. The minimum absolute atomic E-state index is 0.0809. The Morgan fingerprint density at radius 3 is 2.91 bits per heavy atom. The summed E-state index contributed by atoms with van der Waals surface area (Å²) in [5.74, 6) is 0.822. The van der Waals surface area contributed by atoms with E-state index in [-0.39, 0.29) is 11.8 Å². The van der Waals surface area contributed by atoms with Crippen molar-refractivity contribution in [2.75, 3.05) is 13.1 Å². The Bertz CT molecular complexity index is 656. The predicted octanol–water partition coefficient (Wildman–Crippen LogP) is 2.20. The van der Waals surface area contributed by atoms with Crippen molar-refractivity contribution in [3.8, 4) is 11.4 Å². The summed E-state index contributed by atoms with van der Waals surface area (Å²) >= 11 is 3.40. The number of primary amides is 1. The van der Waals surface area contributed by atoms with Gasteiger partial charge < -0.3 is 10.3 Å². The van der Waals surface area contributed by atoms with Gasteiger partial charge in [-0.05, 0) is 43.7 Å². The molecule has 7 heteroatoms. The van der Waals surface area contributed by atoms with E-state index in [1.807, 2.05) is 24.3 Å². The number of aromatic nitrogens is 2. The third-order valence-electron chi connectivity index (χ3n) is 3.84. The summed E-state index contributed by atoms with van der Waals surface area (Å²) in [7, 11) is 0. The number of likely N-dealkylation sites (tertiary alicyclic amines) is 1. The first-order valence-electron chi connectivity index (χ1n) is 7.22. The lowest BCUT2D eigenvalue weighted by atomic mass is 9.97. The molecule has 0 saturated carbocycles. The fourth-order valence-electron chi connectivity index (χ4n) is 2.66. The summed E-state index contributed by atoms with van der Waals surface area (Å²) in [4.78, 5) is 17.9. The van der Waals surface area contributed by atoms with Crippen LogP contribution in [-0.4, -0.2) is 34.0 Å². The molecular weight excluding hydrogens is 348 g/mol. The molecule has 1 aromatic carbocycles. The number of benzene rings is 1. The van der Waals surface area contributed by atoms with Gasteiger partial charge in [0.05, 0.1) is 12.5 Å². The van der Waals surface area contributed by atoms with Crippen molar-refractivity contribution in [3.05, 3.63) is 34.6 Å². The number of carbonyl (C=O) groups is 1. The Balaban J connectivity index is 1.66. The number of nitrogens with two attached hydrogens (primary N) is 1. The minimum atomic E-state index is -0.231. The van der Waals surface area contributed by atoms with Crippen LogP contribution in [0.4, 0.5) is 0 Å². The van der Waals surface area contributed by atoms with Gasteiger partial charge in [0.25, 0.3) is 0 Å². The first-order valence-corrected chi connectivity index (χ1v) is 8.01. The maximum Gasteiger partial charge on any atom is 0.241 e. The van der Waals surface area contributed by atoms with Gasteiger partial charge >= 0.3 is 0 Å². The monoisotopic (exact) mass is 364 g/mol. The fourth-order valence-corrected chi connectivity index (χ4v) is 2.92. The van der Waals surface area contributed by atoms with Gasteiger partial charge in [0.15, 0.2) is 0 Å². The van der Waals surface area contributed by atoms with E-state index in [2.05, 4.69) is 31.0 Å². The van der Waals surface area contributed by atoms with Gasteiger partial charge in [-0.25, -0.2) is 0 Å². The molecule has 1 amide bonds. The summed E-state index contributed by atoms with van der Waals surface area (Å²) in [6, 6.07) is 7.74. The Morgan fingerprint density at radius 1 is 1.41 bits per heavy atom. The lowest BCUT2D eigenvalue weighted by Crippen LogP contribution is -2.40. The largest absolute Gasteiger partial charge is 0.369 e. The number of amides is 1. The molecule has 0 bridgehead atoms. The molecule has 1 aliphatic rings. The van der Waals surface area contributed by atoms with Crippen molar-refractivity contribution in [1.82, 2.24) is 15.0 Å². The van der Waals surface area contributed by atoms with Crippen LogP contribution in [0.25, 0.3) is 11.4 Å². The van der Waals surface area contributed by atoms with Crippen LogP contribution in [-0.2, 0) is 11.3 Å². The highest BCUT2D eigenvalue weighted by molar-refractivity contribution is 9.10. The molecule has 0 spiro atoms. The normalized spacial score (nSPS) is 19.2. The average molecular weight is 365 g/mol. The number of halogens is 1.